The lowest BCUT2D eigenvalue weighted by molar-refractivity contribution is 0.122. The Hall–Kier alpha value is -3.59. The Kier molecular flexibility index (Phi) is 4.51. The molecule has 152 valence electrons. The van der Waals surface area contributed by atoms with Crippen molar-refractivity contribution in [3.63, 3.8) is 0 Å². The van der Waals surface area contributed by atoms with Crippen LogP contribution in [0.5, 0.6) is 5.75 Å². The molecule has 0 saturated carbocycles. The number of fused-ring (bicyclic) bond motifs is 1. The lowest BCUT2D eigenvalue weighted by Crippen LogP contribution is -2.37. The molecule has 0 radical (unpaired) electrons. The van der Waals surface area contributed by atoms with E-state index in [1.54, 1.807) is 0 Å². The van der Waals surface area contributed by atoms with Gasteiger partial charge in [-0.25, -0.2) is 9.37 Å². The number of ether oxygens (including phenoxy) is 1. The van der Waals surface area contributed by atoms with Crippen LogP contribution in [0.2, 0.25) is 0 Å². The van der Waals surface area contributed by atoms with Crippen LogP contribution in [-0.4, -0.2) is 55.9 Å². The number of aromatic nitrogens is 5. The number of para-hydroxylation sites is 2. The normalized spacial score (nSPS) is 14.4. The summed E-state index contributed by atoms with van der Waals surface area (Å²) in [6.45, 7) is 4.31. The molecule has 0 bridgehead atoms. The maximum absolute atomic E-state index is 13.9. The Bertz CT molecular complexity index is 1220. The molecule has 1 fully saturated rings. The molecule has 3 heterocycles. The highest BCUT2D eigenvalue weighted by atomic mass is 19.1. The van der Waals surface area contributed by atoms with Gasteiger partial charge in [-0.1, -0.05) is 12.1 Å². The Labute approximate surface area is 171 Å². The lowest BCUT2D eigenvalue weighted by Gasteiger charge is -2.27. The third-order valence-electron chi connectivity index (χ3n) is 4.97. The van der Waals surface area contributed by atoms with Crippen molar-refractivity contribution in [2.45, 2.75) is 6.92 Å². The van der Waals surface area contributed by atoms with Gasteiger partial charge in [-0.15, -0.1) is 0 Å². The number of hydrogen-bond donors (Lipinski definition) is 1. The van der Waals surface area contributed by atoms with Crippen molar-refractivity contribution < 1.29 is 14.2 Å². The number of aromatic hydroxyl groups is 1. The summed E-state index contributed by atoms with van der Waals surface area (Å²) in [5.74, 6) is 1.10. The quantitative estimate of drug-likeness (QED) is 0.560. The molecule has 0 aliphatic carbocycles. The first-order valence-electron chi connectivity index (χ1n) is 9.62. The van der Waals surface area contributed by atoms with Gasteiger partial charge in [0.15, 0.2) is 5.82 Å². The monoisotopic (exact) mass is 406 g/mol. The predicted molar refractivity (Wildman–Crippen MR) is 109 cm³/mol. The molecule has 2 aromatic carbocycles. The van der Waals surface area contributed by atoms with Gasteiger partial charge < -0.3 is 14.7 Å². The molecule has 1 saturated heterocycles. The minimum absolute atomic E-state index is 0.191. The van der Waals surface area contributed by atoms with Crippen LogP contribution < -0.4 is 4.90 Å². The highest BCUT2D eigenvalue weighted by molar-refractivity contribution is 5.77. The van der Waals surface area contributed by atoms with E-state index < -0.39 is 5.82 Å². The standard InChI is InChI=1S/C21H19FN6O2/c1-13-23-17-4-2-3-5-18(17)28(13)21-25-19(14-10-15(22)12-16(29)11-14)24-20(26-21)27-6-8-30-9-7-27/h2-5,10-12,29H,6-9H2,1H3. The van der Waals surface area contributed by atoms with Gasteiger partial charge >= 0.3 is 0 Å². The Balaban J connectivity index is 1.72. The van der Waals surface area contributed by atoms with Gasteiger partial charge in [-0.3, -0.25) is 4.57 Å². The second-order valence-corrected chi connectivity index (χ2v) is 7.04. The van der Waals surface area contributed by atoms with Gasteiger partial charge in [0.1, 0.15) is 17.4 Å². The zero-order chi connectivity index (χ0) is 20.7. The van der Waals surface area contributed by atoms with Crippen molar-refractivity contribution in [3.8, 4) is 23.1 Å². The highest BCUT2D eigenvalue weighted by Gasteiger charge is 2.20. The molecule has 9 heteroatoms. The minimum atomic E-state index is -0.566. The molecule has 1 aliphatic heterocycles. The number of morpholine rings is 1. The number of halogens is 1. The highest BCUT2D eigenvalue weighted by Crippen LogP contribution is 2.26. The number of anilines is 1. The van der Waals surface area contributed by atoms with E-state index >= 15 is 0 Å². The summed E-state index contributed by atoms with van der Waals surface area (Å²) in [6.07, 6.45) is 0. The number of hydrogen-bond acceptors (Lipinski definition) is 7. The van der Waals surface area contributed by atoms with Crippen LogP contribution in [0.3, 0.4) is 0 Å². The Morgan fingerprint density at radius 1 is 0.967 bits per heavy atom. The van der Waals surface area contributed by atoms with Crippen LogP contribution in [0.4, 0.5) is 10.3 Å². The Morgan fingerprint density at radius 3 is 2.53 bits per heavy atom. The molecular formula is C21H19FN6O2. The summed E-state index contributed by atoms with van der Waals surface area (Å²) in [5.41, 5.74) is 2.06. The van der Waals surface area contributed by atoms with Gasteiger partial charge in [0.25, 0.3) is 0 Å². The van der Waals surface area contributed by atoms with Crippen molar-refractivity contribution >= 4 is 17.0 Å². The molecule has 1 N–H and O–H groups in total. The number of phenolic OH excluding ortho intramolecular Hbond substituents is 1. The zero-order valence-electron chi connectivity index (χ0n) is 16.3. The van der Waals surface area contributed by atoms with Crippen LogP contribution in [0.1, 0.15) is 5.82 Å². The van der Waals surface area contributed by atoms with E-state index in [0.717, 1.165) is 22.9 Å². The number of aryl methyl sites for hydroxylation is 1. The molecule has 0 unspecified atom stereocenters. The van der Waals surface area contributed by atoms with Crippen LogP contribution in [0.15, 0.2) is 42.5 Å². The minimum Gasteiger partial charge on any atom is -0.508 e. The zero-order valence-corrected chi connectivity index (χ0v) is 16.3. The SMILES string of the molecule is Cc1nc2ccccc2n1-c1nc(-c2cc(O)cc(F)c2)nc(N2CCOCC2)n1. The fraction of sp³-hybridized carbons (Fsp3) is 0.238. The third kappa shape index (κ3) is 3.33. The molecular weight excluding hydrogens is 387 g/mol. The smallest absolute Gasteiger partial charge is 0.241 e. The first-order valence-corrected chi connectivity index (χ1v) is 9.62. The van der Waals surface area contributed by atoms with Gasteiger partial charge in [0.2, 0.25) is 11.9 Å². The summed E-state index contributed by atoms with van der Waals surface area (Å²) in [4.78, 5) is 20.5. The molecule has 2 aromatic heterocycles. The van der Waals surface area contributed by atoms with E-state index in [1.165, 1.54) is 12.1 Å². The van der Waals surface area contributed by atoms with Gasteiger partial charge in [-0.2, -0.15) is 15.0 Å². The topological polar surface area (TPSA) is 89.2 Å². The summed E-state index contributed by atoms with van der Waals surface area (Å²) < 4.78 is 21.2. The number of nitrogens with zero attached hydrogens (tertiary/aromatic N) is 6. The van der Waals surface area contributed by atoms with Crippen molar-refractivity contribution in [2.24, 2.45) is 0 Å². The fourth-order valence-corrected chi connectivity index (χ4v) is 3.59. The first-order chi connectivity index (χ1) is 14.6. The van der Waals surface area contributed by atoms with Crippen molar-refractivity contribution in [3.05, 3.63) is 54.1 Å². The van der Waals surface area contributed by atoms with E-state index in [1.807, 2.05) is 40.7 Å². The Morgan fingerprint density at radius 2 is 1.73 bits per heavy atom. The average Bonchev–Trinajstić information content (AvgIpc) is 3.09. The van der Waals surface area contributed by atoms with E-state index in [4.69, 9.17) is 9.72 Å². The van der Waals surface area contributed by atoms with Crippen LogP contribution >= 0.6 is 0 Å². The summed E-state index contributed by atoms with van der Waals surface area (Å²) >= 11 is 0. The average molecular weight is 406 g/mol. The predicted octanol–water partition coefficient (Wildman–Crippen LogP) is 2.87. The first kappa shape index (κ1) is 18.4. The number of benzene rings is 2. The van der Waals surface area contributed by atoms with E-state index in [9.17, 15) is 9.50 Å². The lowest BCUT2D eigenvalue weighted by atomic mass is 10.2. The fourth-order valence-electron chi connectivity index (χ4n) is 3.59. The van der Waals surface area contributed by atoms with Gasteiger partial charge in [0, 0.05) is 24.7 Å². The van der Waals surface area contributed by atoms with E-state index in [2.05, 4.69) is 15.0 Å². The summed E-state index contributed by atoms with van der Waals surface area (Å²) in [5, 5.41) is 9.86. The van der Waals surface area contributed by atoms with E-state index in [-0.39, 0.29) is 11.6 Å². The van der Waals surface area contributed by atoms with Crippen molar-refractivity contribution in [1.29, 1.82) is 0 Å². The largest absolute Gasteiger partial charge is 0.508 e. The maximum Gasteiger partial charge on any atom is 0.241 e. The van der Waals surface area contributed by atoms with Crippen molar-refractivity contribution in [1.82, 2.24) is 24.5 Å². The maximum atomic E-state index is 13.9. The molecule has 30 heavy (non-hydrogen) atoms. The van der Waals surface area contributed by atoms with E-state index in [0.29, 0.717) is 43.8 Å². The van der Waals surface area contributed by atoms with Gasteiger partial charge in [-0.05, 0) is 31.2 Å². The van der Waals surface area contributed by atoms with Crippen LogP contribution in [0, 0.1) is 12.7 Å². The third-order valence-corrected chi connectivity index (χ3v) is 4.97. The summed E-state index contributed by atoms with van der Waals surface area (Å²) in [7, 11) is 0. The second kappa shape index (κ2) is 7.34. The molecule has 4 aromatic rings. The second-order valence-electron chi connectivity index (χ2n) is 7.04. The summed E-state index contributed by atoms with van der Waals surface area (Å²) in [6, 6.07) is 11.5. The van der Waals surface area contributed by atoms with Crippen LogP contribution in [-0.2, 0) is 4.74 Å². The number of rotatable bonds is 3. The molecule has 1 aliphatic rings. The van der Waals surface area contributed by atoms with Gasteiger partial charge in [0.05, 0.1) is 24.2 Å². The molecule has 0 atom stereocenters. The number of imidazole rings is 1. The van der Waals surface area contributed by atoms with Crippen molar-refractivity contribution in [2.75, 3.05) is 31.2 Å². The molecule has 0 spiro atoms. The molecule has 0 amide bonds. The number of phenols is 1. The van der Waals surface area contributed by atoms with Crippen LogP contribution in [0.25, 0.3) is 28.4 Å². The molecule has 5 rings (SSSR count). The molecule has 8 nitrogen and oxygen atoms in total.